The van der Waals surface area contributed by atoms with Gasteiger partial charge in [0.1, 0.15) is 17.3 Å². The van der Waals surface area contributed by atoms with Crippen LogP contribution in [0.1, 0.15) is 54.4 Å². The Labute approximate surface area is 225 Å². The summed E-state index contributed by atoms with van der Waals surface area (Å²) >= 11 is 0. The van der Waals surface area contributed by atoms with Gasteiger partial charge in [-0.2, -0.15) is 5.10 Å². The van der Waals surface area contributed by atoms with Crippen LogP contribution in [0.25, 0.3) is 10.9 Å². The van der Waals surface area contributed by atoms with Gasteiger partial charge in [-0.05, 0) is 79.6 Å². The number of rotatable bonds is 14. The first-order valence-corrected chi connectivity index (χ1v) is 12.9. The van der Waals surface area contributed by atoms with Gasteiger partial charge in [-0.15, -0.1) is 0 Å². The average Bonchev–Trinajstić information content (AvgIpc) is 3.35. The van der Waals surface area contributed by atoms with Gasteiger partial charge in [-0.25, -0.2) is 13.9 Å². The molecule has 1 unspecified atom stereocenters. The number of ketones is 1. The molecule has 1 N–H and O–H groups in total. The van der Waals surface area contributed by atoms with Crippen LogP contribution in [0.2, 0.25) is 0 Å². The number of hydrogen-bond acceptors (Lipinski definition) is 6. The van der Waals surface area contributed by atoms with E-state index in [2.05, 4.69) is 12.0 Å². The van der Waals surface area contributed by atoms with Gasteiger partial charge < -0.3 is 19.3 Å². The number of nitrogens with zero attached hydrogens (tertiary/aromatic N) is 2. The molecule has 0 spiro atoms. The number of carbonyl (C=O) groups is 2. The Bertz CT molecular complexity index is 1430. The highest BCUT2D eigenvalue weighted by Gasteiger charge is 2.22. The van der Waals surface area contributed by atoms with E-state index in [1.807, 2.05) is 6.07 Å². The van der Waals surface area contributed by atoms with Crippen molar-refractivity contribution in [3.05, 3.63) is 89.4 Å². The zero-order valence-electron chi connectivity index (χ0n) is 21.9. The van der Waals surface area contributed by atoms with Gasteiger partial charge in [-0.3, -0.25) is 4.79 Å². The highest BCUT2D eigenvalue weighted by Crippen LogP contribution is 2.25. The number of fused-ring (bicyclic) bond motifs is 1. The third-order valence-corrected chi connectivity index (χ3v) is 6.09. The molecule has 0 bridgehead atoms. The molecule has 9 heteroatoms. The third-order valence-electron chi connectivity index (χ3n) is 6.09. The number of carbonyl (C=O) groups excluding carboxylic acids is 1. The van der Waals surface area contributed by atoms with Crippen molar-refractivity contribution in [2.45, 2.75) is 39.3 Å². The minimum atomic E-state index is -1.19. The lowest BCUT2D eigenvalue weighted by Gasteiger charge is -2.14. The van der Waals surface area contributed by atoms with E-state index in [9.17, 15) is 19.1 Å². The Morgan fingerprint density at radius 2 is 1.72 bits per heavy atom. The summed E-state index contributed by atoms with van der Waals surface area (Å²) in [6.45, 7) is 4.89. The molecule has 0 saturated carbocycles. The van der Waals surface area contributed by atoms with Crippen LogP contribution in [-0.4, -0.2) is 46.5 Å². The lowest BCUT2D eigenvalue weighted by Crippen LogP contribution is -2.23. The smallest absolute Gasteiger partial charge is 0.356 e. The summed E-state index contributed by atoms with van der Waals surface area (Å²) in [7, 11) is 0. The van der Waals surface area contributed by atoms with Crippen molar-refractivity contribution < 1.29 is 33.3 Å². The van der Waals surface area contributed by atoms with Gasteiger partial charge in [0.25, 0.3) is 0 Å². The predicted octanol–water partition coefficient (Wildman–Crippen LogP) is 5.83. The molecule has 0 aliphatic rings. The number of halogens is 1. The molecule has 4 rings (SSSR count). The largest absolute Gasteiger partial charge is 0.493 e. The zero-order valence-corrected chi connectivity index (χ0v) is 21.9. The molecule has 4 aromatic rings. The van der Waals surface area contributed by atoms with Crippen LogP contribution in [0.15, 0.2) is 66.9 Å². The molecule has 204 valence electrons. The molecule has 0 saturated heterocycles. The van der Waals surface area contributed by atoms with Crippen LogP contribution < -0.4 is 9.47 Å². The van der Waals surface area contributed by atoms with E-state index in [1.54, 1.807) is 43.5 Å². The average molecular weight is 535 g/mol. The number of ether oxygens (including phenoxy) is 3. The molecule has 0 fully saturated rings. The van der Waals surface area contributed by atoms with Crippen molar-refractivity contribution >= 4 is 22.7 Å². The summed E-state index contributed by atoms with van der Waals surface area (Å²) in [6, 6.07) is 16.2. The highest BCUT2D eigenvalue weighted by atomic mass is 19.1. The van der Waals surface area contributed by atoms with Crippen molar-refractivity contribution in [1.29, 1.82) is 0 Å². The van der Waals surface area contributed by atoms with Crippen LogP contribution in [0.5, 0.6) is 11.5 Å². The Balaban J connectivity index is 1.33. The van der Waals surface area contributed by atoms with Crippen molar-refractivity contribution in [2.24, 2.45) is 0 Å². The summed E-state index contributed by atoms with van der Waals surface area (Å²) < 4.78 is 31.7. The summed E-state index contributed by atoms with van der Waals surface area (Å²) in [5.74, 6) is -0.289. The molecule has 0 aliphatic carbocycles. The molecular weight excluding hydrogens is 503 g/mol. The summed E-state index contributed by atoms with van der Waals surface area (Å²) in [5, 5.41) is 14.4. The van der Waals surface area contributed by atoms with Crippen LogP contribution in [0.4, 0.5) is 4.39 Å². The van der Waals surface area contributed by atoms with E-state index in [1.165, 1.54) is 28.9 Å². The van der Waals surface area contributed by atoms with Crippen LogP contribution in [0, 0.1) is 5.82 Å². The number of aliphatic carboxylic acids is 1. The maximum Gasteiger partial charge on any atom is 0.356 e. The second-order valence-corrected chi connectivity index (χ2v) is 8.91. The number of aromatic nitrogens is 2. The van der Waals surface area contributed by atoms with Crippen LogP contribution in [-0.2, 0) is 16.0 Å². The molecule has 39 heavy (non-hydrogen) atoms. The summed E-state index contributed by atoms with van der Waals surface area (Å²) in [6.07, 6.45) is 2.68. The summed E-state index contributed by atoms with van der Waals surface area (Å²) in [4.78, 5) is 24.3. The Kier molecular flexibility index (Phi) is 9.27. The van der Waals surface area contributed by atoms with Gasteiger partial charge in [0.2, 0.25) is 6.23 Å². The summed E-state index contributed by atoms with van der Waals surface area (Å²) in [5.41, 5.74) is 2.55. The van der Waals surface area contributed by atoms with E-state index in [4.69, 9.17) is 14.2 Å². The zero-order chi connectivity index (χ0) is 27.8. The Morgan fingerprint density at radius 1 is 0.974 bits per heavy atom. The minimum absolute atomic E-state index is 0.161. The monoisotopic (exact) mass is 534 g/mol. The van der Waals surface area contributed by atoms with Gasteiger partial charge in [0, 0.05) is 29.5 Å². The fourth-order valence-electron chi connectivity index (χ4n) is 4.24. The topological polar surface area (TPSA) is 99.9 Å². The second kappa shape index (κ2) is 13.0. The van der Waals surface area contributed by atoms with Crippen LogP contribution in [0.3, 0.4) is 0 Å². The molecule has 1 heterocycles. The third kappa shape index (κ3) is 6.80. The van der Waals surface area contributed by atoms with Crippen molar-refractivity contribution in [3.8, 4) is 11.5 Å². The fourth-order valence-corrected chi connectivity index (χ4v) is 4.24. The van der Waals surface area contributed by atoms with Gasteiger partial charge in [0.05, 0.1) is 24.9 Å². The normalized spacial score (nSPS) is 11.9. The molecule has 3 aromatic carbocycles. The lowest BCUT2D eigenvalue weighted by atomic mass is 9.99. The molecule has 0 amide bonds. The number of carboxylic acid groups (broad SMARTS) is 1. The number of aryl methyl sites for hydroxylation is 1. The maximum atomic E-state index is 13.2. The molecule has 0 radical (unpaired) electrons. The first-order chi connectivity index (χ1) is 18.9. The standard InChI is InChI=1S/C30H31FN2O6/c1-3-6-21-17-22(28(34)20-7-10-24(31)11-8-20)9-14-27(21)39-16-5-15-38-25-12-13-26-23(18-25)19-32-33(26)29(30(35)36)37-4-2/h7-14,17-19,29H,3-6,15-16H2,1-2H3,(H,35,36). The van der Waals surface area contributed by atoms with Crippen molar-refractivity contribution in [2.75, 3.05) is 19.8 Å². The predicted molar refractivity (Wildman–Crippen MR) is 144 cm³/mol. The first kappa shape index (κ1) is 27.8. The maximum absolute atomic E-state index is 13.2. The second-order valence-electron chi connectivity index (χ2n) is 8.91. The van der Waals surface area contributed by atoms with E-state index in [0.29, 0.717) is 42.0 Å². The van der Waals surface area contributed by atoms with Crippen molar-refractivity contribution in [1.82, 2.24) is 9.78 Å². The fraction of sp³-hybridized carbons (Fsp3) is 0.300. The number of benzene rings is 3. The molecule has 0 aliphatic heterocycles. The number of carboxylic acids is 1. The van der Waals surface area contributed by atoms with Crippen molar-refractivity contribution in [3.63, 3.8) is 0 Å². The Hall–Kier alpha value is -4.24. The minimum Gasteiger partial charge on any atom is -0.493 e. The molecule has 8 nitrogen and oxygen atoms in total. The molecular formula is C30H31FN2O6. The Morgan fingerprint density at radius 3 is 2.44 bits per heavy atom. The molecule has 1 aromatic heterocycles. The van der Waals surface area contributed by atoms with Gasteiger partial charge >= 0.3 is 5.97 Å². The first-order valence-electron chi connectivity index (χ1n) is 12.9. The van der Waals surface area contributed by atoms with E-state index < -0.39 is 12.2 Å². The molecule has 1 atom stereocenters. The van der Waals surface area contributed by atoms with E-state index >= 15 is 0 Å². The van der Waals surface area contributed by atoms with Gasteiger partial charge in [0.15, 0.2) is 5.78 Å². The van der Waals surface area contributed by atoms with E-state index in [0.717, 1.165) is 29.5 Å². The quantitative estimate of drug-likeness (QED) is 0.161. The SMILES string of the molecule is CCCc1cc(C(=O)c2ccc(F)cc2)ccc1OCCCOc1ccc2c(cnn2C(OCC)C(=O)O)c1. The number of hydrogen-bond donors (Lipinski definition) is 1. The highest BCUT2D eigenvalue weighted by molar-refractivity contribution is 6.09. The van der Waals surface area contributed by atoms with Crippen LogP contribution >= 0.6 is 0 Å². The van der Waals surface area contributed by atoms with E-state index in [-0.39, 0.29) is 18.2 Å². The van der Waals surface area contributed by atoms with Gasteiger partial charge in [-0.1, -0.05) is 13.3 Å². The lowest BCUT2D eigenvalue weighted by molar-refractivity contribution is -0.157.